The first-order valence-electron chi connectivity index (χ1n) is 18.8. The van der Waals surface area contributed by atoms with Gasteiger partial charge in [-0.25, -0.2) is 0 Å². The van der Waals surface area contributed by atoms with E-state index >= 15 is 0 Å². The maximum atomic E-state index is 12.3. The number of likely N-dealkylation sites (N-methyl/N-ethyl adjacent to an activating group) is 2. The molecule has 2 unspecified atom stereocenters. The van der Waals surface area contributed by atoms with Gasteiger partial charge in [-0.1, -0.05) is 129 Å². The zero-order chi connectivity index (χ0) is 36.4. The van der Waals surface area contributed by atoms with Crippen LogP contribution in [0.1, 0.15) is 162 Å². The molecule has 9 nitrogen and oxygen atoms in total. The number of aliphatic carboxylic acids is 2. The van der Waals surface area contributed by atoms with Crippen LogP contribution in [0.3, 0.4) is 0 Å². The molecule has 0 aromatic rings. The maximum Gasteiger partial charge on any atom is 0.177 e. The van der Waals surface area contributed by atoms with Crippen molar-refractivity contribution in [3.8, 4) is 0 Å². The van der Waals surface area contributed by atoms with Crippen molar-refractivity contribution in [2.24, 2.45) is 0 Å². The van der Waals surface area contributed by atoms with Gasteiger partial charge in [0.2, 0.25) is 0 Å². The lowest BCUT2D eigenvalue weighted by Crippen LogP contribution is -2.56. The standard InChI is InChI=1S/C19H37NO4.C19H39NO3/c1-5-6-7-8-9-10-11-12-13-14-17(21)19(24,15-18(22)23)16-20(2,3)4;1-5-6-7-8-9-10-11-12-13-14-15-19(23,16-18(21)22)17-20(2,3)4/h24H,5-16H2,1-4H3;23H,5-17H2,1-4H3. The van der Waals surface area contributed by atoms with E-state index in [9.17, 15) is 34.8 Å². The molecule has 0 rings (SSSR count). The van der Waals surface area contributed by atoms with Gasteiger partial charge in [-0.05, 0) is 12.8 Å². The summed E-state index contributed by atoms with van der Waals surface area (Å²) in [6.45, 7) is 4.97. The summed E-state index contributed by atoms with van der Waals surface area (Å²) in [7, 11) is 11.4. The molecule has 280 valence electrons. The highest BCUT2D eigenvalue weighted by molar-refractivity contribution is 5.90. The van der Waals surface area contributed by atoms with Gasteiger partial charge in [0.05, 0.1) is 42.3 Å². The molecule has 0 aromatic carbocycles. The van der Waals surface area contributed by atoms with E-state index in [1.54, 1.807) is 0 Å². The van der Waals surface area contributed by atoms with Crippen molar-refractivity contribution in [1.29, 1.82) is 0 Å². The van der Waals surface area contributed by atoms with Crippen LogP contribution >= 0.6 is 0 Å². The first kappa shape index (κ1) is 47.6. The monoisotopic (exact) mass is 673 g/mol. The number of unbranched alkanes of at least 4 members (excludes halogenated alkanes) is 17. The van der Waals surface area contributed by atoms with Crippen molar-refractivity contribution in [2.45, 2.75) is 173 Å². The van der Waals surface area contributed by atoms with E-state index in [1.807, 2.05) is 42.3 Å². The summed E-state index contributed by atoms with van der Waals surface area (Å²) >= 11 is 0. The number of carbonyl (C=O) groups is 3. The van der Waals surface area contributed by atoms with Crippen molar-refractivity contribution in [2.75, 3.05) is 55.4 Å². The Morgan fingerprint density at radius 1 is 0.511 bits per heavy atom. The van der Waals surface area contributed by atoms with Crippen molar-refractivity contribution in [3.05, 3.63) is 0 Å². The van der Waals surface area contributed by atoms with Crippen LogP contribution in [0.25, 0.3) is 0 Å². The van der Waals surface area contributed by atoms with Crippen LogP contribution < -0.4 is 10.2 Å². The Labute approximate surface area is 289 Å². The Morgan fingerprint density at radius 3 is 1.19 bits per heavy atom. The lowest BCUT2D eigenvalue weighted by Gasteiger charge is -2.36. The Bertz CT molecular complexity index is 822. The molecule has 47 heavy (non-hydrogen) atoms. The van der Waals surface area contributed by atoms with Crippen LogP contribution in [0.2, 0.25) is 0 Å². The maximum absolute atomic E-state index is 12.3. The van der Waals surface area contributed by atoms with Gasteiger partial charge in [0.25, 0.3) is 0 Å². The molecule has 0 radical (unpaired) electrons. The van der Waals surface area contributed by atoms with Crippen LogP contribution in [0.4, 0.5) is 0 Å². The normalized spacial score (nSPS) is 14.5. The molecule has 0 aromatic heterocycles. The Kier molecular flexibility index (Phi) is 26.7. The van der Waals surface area contributed by atoms with Crippen molar-refractivity contribution >= 4 is 17.7 Å². The van der Waals surface area contributed by atoms with Crippen molar-refractivity contribution in [3.63, 3.8) is 0 Å². The highest BCUT2D eigenvalue weighted by Gasteiger charge is 2.40. The van der Waals surface area contributed by atoms with Gasteiger partial charge in [-0.15, -0.1) is 0 Å². The number of carboxylic acid groups (broad SMARTS) is 2. The number of carbonyl (C=O) groups excluding carboxylic acids is 3. The number of hydrogen-bond donors (Lipinski definition) is 2. The van der Waals surface area contributed by atoms with Crippen LogP contribution in [-0.2, 0) is 14.4 Å². The summed E-state index contributed by atoms with van der Waals surface area (Å²) in [5.74, 6) is -2.91. The average molecular weight is 673 g/mol. The smallest absolute Gasteiger partial charge is 0.177 e. The van der Waals surface area contributed by atoms with Crippen LogP contribution in [-0.4, -0.2) is 103 Å². The van der Waals surface area contributed by atoms with E-state index in [2.05, 4.69) is 13.8 Å². The minimum absolute atomic E-state index is 0.0806. The van der Waals surface area contributed by atoms with E-state index in [0.717, 1.165) is 25.7 Å². The van der Waals surface area contributed by atoms with Gasteiger partial charge in [0, 0.05) is 31.2 Å². The minimum Gasteiger partial charge on any atom is -0.550 e. The summed E-state index contributed by atoms with van der Waals surface area (Å²) in [6, 6.07) is 0. The van der Waals surface area contributed by atoms with Crippen molar-refractivity contribution in [1.82, 2.24) is 0 Å². The average Bonchev–Trinajstić information content (AvgIpc) is 2.90. The van der Waals surface area contributed by atoms with E-state index in [0.29, 0.717) is 28.4 Å². The van der Waals surface area contributed by atoms with Crippen molar-refractivity contribution < 1.29 is 43.8 Å². The SMILES string of the molecule is CCCCCCCCCCCC(=O)C(O)(CC(=O)[O-])C[N+](C)(C)C.CCCCCCCCCCCCC(O)(CC(=O)[O-])C[N+](C)(C)C. The number of nitrogens with zero attached hydrogens (tertiary/aromatic N) is 2. The molecule has 2 atom stereocenters. The molecule has 0 spiro atoms. The first-order valence-corrected chi connectivity index (χ1v) is 18.8. The molecule has 2 N–H and O–H groups in total. The Hall–Kier alpha value is -1.55. The summed E-state index contributed by atoms with van der Waals surface area (Å²) in [6.07, 6.45) is 22.6. The van der Waals surface area contributed by atoms with Crippen LogP contribution in [0.5, 0.6) is 0 Å². The molecule has 0 fully saturated rings. The molecule has 0 saturated carbocycles. The highest BCUT2D eigenvalue weighted by atomic mass is 16.4. The Morgan fingerprint density at radius 2 is 0.851 bits per heavy atom. The lowest BCUT2D eigenvalue weighted by molar-refractivity contribution is -0.877. The van der Waals surface area contributed by atoms with E-state index in [1.165, 1.54) is 89.9 Å². The topological polar surface area (TPSA) is 138 Å². The molecule has 0 amide bonds. The molecular formula is C38H76N2O7. The lowest BCUT2D eigenvalue weighted by atomic mass is 9.89. The van der Waals surface area contributed by atoms with E-state index in [4.69, 9.17) is 0 Å². The summed E-state index contributed by atoms with van der Waals surface area (Å²) < 4.78 is 0.884. The molecule has 0 heterocycles. The predicted octanol–water partition coefficient (Wildman–Crippen LogP) is 4.93. The fourth-order valence-corrected chi connectivity index (χ4v) is 6.41. The quantitative estimate of drug-likeness (QED) is 0.0816. The fourth-order valence-electron chi connectivity index (χ4n) is 6.41. The number of aliphatic hydroxyl groups is 2. The molecular weight excluding hydrogens is 596 g/mol. The van der Waals surface area contributed by atoms with Gasteiger partial charge < -0.3 is 39.0 Å². The predicted molar refractivity (Wildman–Crippen MR) is 188 cm³/mol. The number of Topliss-reactive ketones (excluding diaryl/α,β-unsaturated/α-hetero) is 1. The van der Waals surface area contributed by atoms with Crippen LogP contribution in [0.15, 0.2) is 0 Å². The second kappa shape index (κ2) is 26.3. The third kappa shape index (κ3) is 31.5. The van der Waals surface area contributed by atoms with Crippen LogP contribution in [0, 0.1) is 0 Å². The van der Waals surface area contributed by atoms with Gasteiger partial charge in [-0.2, -0.15) is 0 Å². The molecule has 0 bridgehead atoms. The number of ketones is 1. The zero-order valence-corrected chi connectivity index (χ0v) is 32.0. The third-order valence-corrected chi connectivity index (χ3v) is 8.44. The zero-order valence-electron chi connectivity index (χ0n) is 32.0. The number of quaternary nitrogens is 2. The van der Waals surface area contributed by atoms with E-state index in [-0.39, 0.29) is 25.2 Å². The highest BCUT2D eigenvalue weighted by Crippen LogP contribution is 2.23. The van der Waals surface area contributed by atoms with E-state index < -0.39 is 29.6 Å². The second-order valence-corrected chi connectivity index (χ2v) is 16.2. The first-order chi connectivity index (χ1) is 21.8. The van der Waals surface area contributed by atoms with Gasteiger partial charge in [0.15, 0.2) is 11.4 Å². The second-order valence-electron chi connectivity index (χ2n) is 16.2. The van der Waals surface area contributed by atoms with Gasteiger partial charge in [-0.3, -0.25) is 4.79 Å². The van der Waals surface area contributed by atoms with Gasteiger partial charge in [0.1, 0.15) is 18.7 Å². The third-order valence-electron chi connectivity index (χ3n) is 8.44. The summed E-state index contributed by atoms with van der Waals surface area (Å²) in [5.41, 5.74) is -2.96. The summed E-state index contributed by atoms with van der Waals surface area (Å²) in [4.78, 5) is 34.1. The van der Waals surface area contributed by atoms with Gasteiger partial charge >= 0.3 is 0 Å². The molecule has 0 aliphatic rings. The minimum atomic E-state index is -1.82. The largest absolute Gasteiger partial charge is 0.550 e. The Balaban J connectivity index is 0. The fraction of sp³-hybridized carbons (Fsp3) is 0.921. The summed E-state index contributed by atoms with van der Waals surface area (Å²) in [5, 5.41) is 42.9. The number of rotatable bonds is 30. The molecule has 0 aliphatic heterocycles. The number of hydrogen-bond acceptors (Lipinski definition) is 7. The molecule has 0 aliphatic carbocycles. The molecule has 9 heteroatoms. The number of carboxylic acids is 2. The molecule has 0 saturated heterocycles.